The molecule has 21 rings (SSSR count). The van der Waals surface area contributed by atoms with Gasteiger partial charge in [-0.2, -0.15) is 0 Å². The molecule has 0 saturated carbocycles. The van der Waals surface area contributed by atoms with Crippen LogP contribution < -0.4 is 0 Å². The maximum absolute atomic E-state index is 2.47. The van der Waals surface area contributed by atoms with Crippen molar-refractivity contribution in [2.45, 2.75) is 38.5 Å². The molecular weight excluding hydrogens is 1180 g/mol. The highest BCUT2D eigenvalue weighted by Crippen LogP contribution is 2.57. The van der Waals surface area contributed by atoms with Crippen LogP contribution in [0.5, 0.6) is 0 Å². The first kappa shape index (κ1) is 56.4. The van der Waals surface area contributed by atoms with E-state index in [9.17, 15) is 0 Å². The molecule has 0 heterocycles. The second kappa shape index (κ2) is 21.3. The van der Waals surface area contributed by atoms with Gasteiger partial charge in [0, 0.05) is 10.8 Å². The van der Waals surface area contributed by atoms with Crippen LogP contribution >= 0.6 is 0 Å². The molecule has 0 N–H and O–H groups in total. The minimum absolute atomic E-state index is 0.0742. The van der Waals surface area contributed by atoms with Crippen LogP contribution in [-0.4, -0.2) is 0 Å². The molecule has 2 aliphatic rings. The fourth-order valence-corrected chi connectivity index (χ4v) is 18.3. The zero-order chi connectivity index (χ0) is 65.1. The molecule has 19 aromatic rings. The van der Waals surface area contributed by atoms with Crippen molar-refractivity contribution < 1.29 is 0 Å². The Labute approximate surface area is 570 Å². The fraction of sp³-hybridized carbons (Fsp3) is 0.0612. The van der Waals surface area contributed by atoms with Crippen LogP contribution in [0.3, 0.4) is 0 Å². The Bertz CT molecular complexity index is 6560. The van der Waals surface area contributed by atoms with Crippen molar-refractivity contribution in [1.29, 1.82) is 0 Å². The Morgan fingerprint density at radius 3 is 0.908 bits per heavy atom. The lowest BCUT2D eigenvalue weighted by Gasteiger charge is -2.23. The molecule has 0 unspecified atom stereocenters. The summed E-state index contributed by atoms with van der Waals surface area (Å²) in [7, 11) is 0. The van der Waals surface area contributed by atoms with E-state index in [-0.39, 0.29) is 10.8 Å². The molecule has 19 aromatic carbocycles. The van der Waals surface area contributed by atoms with Gasteiger partial charge >= 0.3 is 0 Å². The zero-order valence-corrected chi connectivity index (χ0v) is 55.2. The molecule has 0 nitrogen and oxygen atoms in total. The Balaban J connectivity index is 0.000000133. The Kier molecular flexibility index (Phi) is 12.2. The summed E-state index contributed by atoms with van der Waals surface area (Å²) >= 11 is 0. The number of hydrogen-bond donors (Lipinski definition) is 0. The van der Waals surface area contributed by atoms with Crippen LogP contribution in [0.4, 0.5) is 0 Å². The summed E-state index contributed by atoms with van der Waals surface area (Å²) < 4.78 is 0. The van der Waals surface area contributed by atoms with Crippen molar-refractivity contribution in [3.05, 3.63) is 350 Å². The number of benzene rings is 19. The molecule has 0 fully saturated rings. The molecular formula is C98H66. The number of rotatable bonds is 4. The van der Waals surface area contributed by atoms with Gasteiger partial charge < -0.3 is 0 Å². The summed E-state index contributed by atoms with van der Waals surface area (Å²) in [5.41, 5.74) is 21.3. The predicted octanol–water partition coefficient (Wildman–Crippen LogP) is 27.3. The zero-order valence-electron chi connectivity index (χ0n) is 55.2. The van der Waals surface area contributed by atoms with Gasteiger partial charge in [-0.1, -0.05) is 331 Å². The van der Waals surface area contributed by atoms with Gasteiger partial charge in [-0.05, 0) is 232 Å². The molecule has 98 heavy (non-hydrogen) atoms. The minimum Gasteiger partial charge on any atom is -0.0616 e. The molecule has 0 radical (unpaired) electrons. The monoisotopic (exact) mass is 1240 g/mol. The first-order valence-electron chi connectivity index (χ1n) is 34.6. The summed E-state index contributed by atoms with van der Waals surface area (Å²) in [6.07, 6.45) is 0. The van der Waals surface area contributed by atoms with Crippen LogP contribution in [0.2, 0.25) is 0 Å². The molecule has 0 atom stereocenters. The molecule has 0 spiro atoms. The van der Waals surface area contributed by atoms with Gasteiger partial charge in [-0.25, -0.2) is 0 Å². The summed E-state index contributed by atoms with van der Waals surface area (Å²) in [5.74, 6) is 0. The Morgan fingerprint density at radius 1 is 0.173 bits per heavy atom. The maximum atomic E-state index is 2.47. The van der Waals surface area contributed by atoms with Crippen molar-refractivity contribution in [2.75, 3.05) is 0 Å². The highest BCUT2D eigenvalue weighted by Gasteiger charge is 2.39. The Hall–Kier alpha value is -12.0. The van der Waals surface area contributed by atoms with Crippen molar-refractivity contribution >= 4 is 118 Å². The smallest absolute Gasteiger partial charge is 0.0165 e. The normalized spacial score (nSPS) is 13.5. The fourth-order valence-electron chi connectivity index (χ4n) is 18.3. The third-order valence-corrected chi connectivity index (χ3v) is 22.6. The van der Waals surface area contributed by atoms with Crippen LogP contribution in [0.15, 0.2) is 328 Å². The van der Waals surface area contributed by atoms with Gasteiger partial charge in [0.2, 0.25) is 0 Å². The number of hydrogen-bond acceptors (Lipinski definition) is 0. The summed E-state index contributed by atoms with van der Waals surface area (Å²) in [4.78, 5) is 0. The summed E-state index contributed by atoms with van der Waals surface area (Å²) in [6, 6.07) is 123. The minimum atomic E-state index is -0.0828. The van der Waals surface area contributed by atoms with Crippen LogP contribution in [0.1, 0.15) is 49.9 Å². The van der Waals surface area contributed by atoms with Crippen LogP contribution in [0, 0.1) is 0 Å². The van der Waals surface area contributed by atoms with E-state index in [1.54, 1.807) is 0 Å². The first-order chi connectivity index (χ1) is 48.2. The lowest BCUT2D eigenvalue weighted by Crippen LogP contribution is -2.15. The topological polar surface area (TPSA) is 0 Å². The van der Waals surface area contributed by atoms with Crippen molar-refractivity contribution in [3.8, 4) is 66.8 Å². The van der Waals surface area contributed by atoms with Gasteiger partial charge in [0.1, 0.15) is 0 Å². The van der Waals surface area contributed by atoms with E-state index in [4.69, 9.17) is 0 Å². The maximum Gasteiger partial charge on any atom is 0.0165 e. The molecule has 0 aliphatic heterocycles. The quantitative estimate of drug-likeness (QED) is 0.122. The van der Waals surface area contributed by atoms with E-state index >= 15 is 0 Å². The third kappa shape index (κ3) is 8.13. The summed E-state index contributed by atoms with van der Waals surface area (Å²) in [6.45, 7) is 9.55. The van der Waals surface area contributed by atoms with E-state index in [2.05, 4.69) is 355 Å². The molecule has 0 amide bonds. The average Bonchev–Trinajstić information content (AvgIpc) is 1.24. The lowest BCUT2D eigenvalue weighted by atomic mass is 9.79. The van der Waals surface area contributed by atoms with Gasteiger partial charge in [0.25, 0.3) is 0 Å². The molecule has 458 valence electrons. The second-order valence-corrected chi connectivity index (χ2v) is 28.4. The highest BCUT2D eigenvalue weighted by atomic mass is 14.4. The second-order valence-electron chi connectivity index (χ2n) is 28.4. The standard InChI is InChI=1S/C51H34.C47H32/c1-51(2)46-28-26-34(29-44(46)43-27-25-32-14-4-6-16-36(32)50(43)51)48-39-19-9-11-21-41(39)49(42-22-12-10-20-40(42)48)45-30-33-24-23-31-13-3-5-15-35(31)47(33)38-18-8-7-17-37(38)45;1-47(2)43-26-24-31(28-41(43)40-25-23-29-13-3-6-16-33(29)46(40)47)44-36-19-9-11-21-38(36)45(39-22-12-10-20-37(39)44)42-27-30-14-4-5-15-32(30)34-17-7-8-18-35(34)42/h3-30H,1-2H3;3-28H,1-2H3. The lowest BCUT2D eigenvalue weighted by molar-refractivity contribution is 0.666. The average molecular weight is 1240 g/mol. The highest BCUT2D eigenvalue weighted by molar-refractivity contribution is 6.30. The third-order valence-electron chi connectivity index (χ3n) is 22.6. The SMILES string of the molecule is CC1(C)c2ccc(-c3c4ccccc4c(-c4cc5ccc6ccccc6c5c5ccccc45)c4ccccc34)cc2-c2ccc3ccccc3c21.CC1(C)c2ccc(-c3c4ccccc4c(-c4cc5ccccc5c5ccccc45)c4ccccc34)cc2-c2ccc3ccccc3c21. The van der Waals surface area contributed by atoms with Gasteiger partial charge in [-0.15, -0.1) is 0 Å². The van der Waals surface area contributed by atoms with Gasteiger partial charge in [0.05, 0.1) is 0 Å². The molecule has 2 aliphatic carbocycles. The van der Waals surface area contributed by atoms with Crippen molar-refractivity contribution in [3.63, 3.8) is 0 Å². The largest absolute Gasteiger partial charge is 0.0616 e. The Morgan fingerprint density at radius 2 is 0.469 bits per heavy atom. The van der Waals surface area contributed by atoms with Crippen LogP contribution in [-0.2, 0) is 10.8 Å². The molecule has 0 heteroatoms. The molecule has 0 saturated heterocycles. The molecule has 0 bridgehead atoms. The van der Waals surface area contributed by atoms with E-state index in [0.29, 0.717) is 0 Å². The van der Waals surface area contributed by atoms with Crippen molar-refractivity contribution in [1.82, 2.24) is 0 Å². The van der Waals surface area contributed by atoms with Gasteiger partial charge in [-0.3, -0.25) is 0 Å². The van der Waals surface area contributed by atoms with E-state index in [0.717, 1.165) is 0 Å². The van der Waals surface area contributed by atoms with Crippen molar-refractivity contribution in [2.24, 2.45) is 0 Å². The van der Waals surface area contributed by atoms with E-state index < -0.39 is 0 Å². The first-order valence-corrected chi connectivity index (χ1v) is 34.6. The molecule has 0 aromatic heterocycles. The summed E-state index contributed by atoms with van der Waals surface area (Å²) in [5, 5.41) is 28.5. The predicted molar refractivity (Wildman–Crippen MR) is 422 cm³/mol. The van der Waals surface area contributed by atoms with E-state index in [1.807, 2.05) is 0 Å². The number of fused-ring (bicyclic) bond motifs is 22. The van der Waals surface area contributed by atoms with Gasteiger partial charge in [0.15, 0.2) is 0 Å². The van der Waals surface area contributed by atoms with E-state index in [1.165, 1.54) is 208 Å². The van der Waals surface area contributed by atoms with Crippen LogP contribution in [0.25, 0.3) is 185 Å².